The zero-order chi connectivity index (χ0) is 20.9. The monoisotopic (exact) mass is 406 g/mol. The highest BCUT2D eigenvalue weighted by Crippen LogP contribution is 2.25. The molecule has 2 aromatic carbocycles. The Balaban J connectivity index is 1.41. The fourth-order valence-corrected chi connectivity index (χ4v) is 4.44. The van der Waals surface area contributed by atoms with Crippen molar-refractivity contribution >= 4 is 11.8 Å². The van der Waals surface area contributed by atoms with Crippen molar-refractivity contribution < 1.29 is 14.3 Å². The number of ether oxygens (including phenoxy) is 1. The Morgan fingerprint density at radius 3 is 2.20 bits per heavy atom. The Kier molecular flexibility index (Phi) is 6.36. The lowest BCUT2D eigenvalue weighted by Crippen LogP contribution is -2.55. The van der Waals surface area contributed by atoms with Crippen molar-refractivity contribution in [2.24, 2.45) is 0 Å². The maximum atomic E-state index is 13.2. The Bertz CT molecular complexity index is 860. The summed E-state index contributed by atoms with van der Waals surface area (Å²) in [6, 6.07) is 17.6. The lowest BCUT2D eigenvalue weighted by Gasteiger charge is -2.38. The topological polar surface area (TPSA) is 49.9 Å². The highest BCUT2D eigenvalue weighted by molar-refractivity contribution is 5.89. The maximum Gasteiger partial charge on any atom is 0.264 e. The minimum Gasteiger partial charge on any atom is -0.481 e. The molecule has 2 amide bonds. The largest absolute Gasteiger partial charge is 0.481 e. The smallest absolute Gasteiger partial charge is 0.264 e. The Morgan fingerprint density at radius 1 is 0.867 bits per heavy atom. The van der Waals surface area contributed by atoms with Crippen molar-refractivity contribution in [3.8, 4) is 16.9 Å². The molecule has 2 heterocycles. The highest BCUT2D eigenvalue weighted by Gasteiger charge is 2.37. The molecular weight excluding hydrogens is 376 g/mol. The van der Waals surface area contributed by atoms with Crippen LogP contribution in [0.15, 0.2) is 54.6 Å². The van der Waals surface area contributed by atoms with Gasteiger partial charge in [0.2, 0.25) is 5.91 Å². The van der Waals surface area contributed by atoms with E-state index in [1.807, 2.05) is 47.4 Å². The van der Waals surface area contributed by atoms with Crippen LogP contribution in [0.2, 0.25) is 0 Å². The van der Waals surface area contributed by atoms with Gasteiger partial charge in [-0.2, -0.15) is 0 Å². The quantitative estimate of drug-likeness (QED) is 0.750. The van der Waals surface area contributed by atoms with E-state index in [9.17, 15) is 9.59 Å². The molecule has 2 atom stereocenters. The molecule has 2 aromatic rings. The van der Waals surface area contributed by atoms with Crippen molar-refractivity contribution in [1.29, 1.82) is 0 Å². The van der Waals surface area contributed by atoms with Gasteiger partial charge in [0.1, 0.15) is 11.8 Å². The number of carbonyl (C=O) groups is 2. The van der Waals surface area contributed by atoms with Crippen molar-refractivity contribution in [2.45, 2.75) is 51.2 Å². The molecule has 2 saturated heterocycles. The first-order valence-corrected chi connectivity index (χ1v) is 11.0. The molecule has 2 aliphatic heterocycles. The molecule has 158 valence electrons. The summed E-state index contributed by atoms with van der Waals surface area (Å²) >= 11 is 0. The molecule has 0 radical (unpaired) electrons. The van der Waals surface area contributed by atoms with Gasteiger partial charge >= 0.3 is 0 Å². The summed E-state index contributed by atoms with van der Waals surface area (Å²) in [6.45, 7) is 4.04. The van der Waals surface area contributed by atoms with Crippen LogP contribution in [0.4, 0.5) is 0 Å². The first-order valence-electron chi connectivity index (χ1n) is 11.0. The molecule has 0 spiro atoms. The fourth-order valence-electron chi connectivity index (χ4n) is 4.44. The lowest BCUT2D eigenvalue weighted by molar-refractivity contribution is -0.150. The number of benzene rings is 2. The third-order valence-electron chi connectivity index (χ3n) is 6.11. The second-order valence-corrected chi connectivity index (χ2v) is 8.23. The van der Waals surface area contributed by atoms with Crippen LogP contribution in [0, 0.1) is 0 Å². The maximum absolute atomic E-state index is 13.2. The SMILES string of the molecule is CC(Oc1ccc(-c2ccccc2)cc1)C(=O)N1CCCCC1C(=O)N1CCCC1. The number of likely N-dealkylation sites (tertiary alicyclic amines) is 2. The Labute approximate surface area is 178 Å². The van der Waals surface area contributed by atoms with Gasteiger partial charge in [0.15, 0.2) is 6.10 Å². The molecule has 0 N–H and O–H groups in total. The molecule has 0 saturated carbocycles. The fraction of sp³-hybridized carbons (Fsp3) is 0.440. The van der Waals surface area contributed by atoms with Crippen LogP contribution in [-0.2, 0) is 9.59 Å². The van der Waals surface area contributed by atoms with Crippen LogP contribution in [-0.4, -0.2) is 53.4 Å². The van der Waals surface area contributed by atoms with E-state index in [1.165, 1.54) is 0 Å². The standard InChI is InChI=1S/C25H30N2O3/c1-19(30-22-14-12-21(13-15-22)20-9-3-2-4-10-20)24(28)27-18-6-5-11-23(27)25(29)26-16-7-8-17-26/h2-4,9-10,12-15,19,23H,5-8,11,16-18H2,1H3. The van der Waals surface area contributed by atoms with Crippen molar-refractivity contribution in [2.75, 3.05) is 19.6 Å². The van der Waals surface area contributed by atoms with Crippen LogP contribution in [0.5, 0.6) is 5.75 Å². The first-order chi connectivity index (χ1) is 14.6. The van der Waals surface area contributed by atoms with Crippen molar-refractivity contribution in [3.63, 3.8) is 0 Å². The van der Waals surface area contributed by atoms with Crippen molar-refractivity contribution in [1.82, 2.24) is 9.80 Å². The Hall–Kier alpha value is -2.82. The normalized spacial score (nSPS) is 20.1. The molecule has 0 aromatic heterocycles. The van der Waals surface area contributed by atoms with Crippen LogP contribution >= 0.6 is 0 Å². The van der Waals surface area contributed by atoms with E-state index in [4.69, 9.17) is 4.74 Å². The molecule has 0 bridgehead atoms. The number of nitrogens with zero attached hydrogens (tertiary/aromatic N) is 2. The number of amides is 2. The summed E-state index contributed by atoms with van der Waals surface area (Å²) in [5.74, 6) is 0.675. The molecule has 5 heteroatoms. The molecule has 2 aliphatic rings. The lowest BCUT2D eigenvalue weighted by atomic mass is 10.00. The molecule has 30 heavy (non-hydrogen) atoms. The van der Waals surface area contributed by atoms with Crippen molar-refractivity contribution in [3.05, 3.63) is 54.6 Å². The van der Waals surface area contributed by atoms with Gasteiger partial charge in [0, 0.05) is 19.6 Å². The number of carbonyl (C=O) groups excluding carboxylic acids is 2. The first kappa shape index (κ1) is 20.5. The van der Waals surface area contributed by atoms with E-state index in [-0.39, 0.29) is 17.9 Å². The van der Waals surface area contributed by atoms with Gasteiger partial charge in [-0.3, -0.25) is 9.59 Å². The van der Waals surface area contributed by atoms with E-state index < -0.39 is 6.10 Å². The minimum absolute atomic E-state index is 0.0978. The van der Waals surface area contributed by atoms with Crippen LogP contribution in [0.1, 0.15) is 39.0 Å². The predicted molar refractivity (Wildman–Crippen MR) is 117 cm³/mol. The van der Waals surface area contributed by atoms with Crippen LogP contribution < -0.4 is 4.74 Å². The molecule has 0 aliphatic carbocycles. The zero-order valence-electron chi connectivity index (χ0n) is 17.6. The van der Waals surface area contributed by atoms with E-state index in [2.05, 4.69) is 12.1 Å². The number of hydrogen-bond acceptors (Lipinski definition) is 3. The highest BCUT2D eigenvalue weighted by atomic mass is 16.5. The average Bonchev–Trinajstić information content (AvgIpc) is 3.34. The van der Waals surface area contributed by atoms with Gasteiger partial charge < -0.3 is 14.5 Å². The third kappa shape index (κ3) is 4.50. The number of rotatable bonds is 5. The van der Waals surface area contributed by atoms with Crippen LogP contribution in [0.25, 0.3) is 11.1 Å². The summed E-state index contributed by atoms with van der Waals surface area (Å²) in [5, 5.41) is 0. The van der Waals surface area contributed by atoms with E-state index in [0.29, 0.717) is 12.3 Å². The summed E-state index contributed by atoms with van der Waals surface area (Å²) in [6.07, 6.45) is 4.17. The minimum atomic E-state index is -0.625. The number of piperidine rings is 1. The Morgan fingerprint density at radius 2 is 1.50 bits per heavy atom. The molecule has 2 unspecified atom stereocenters. The summed E-state index contributed by atoms with van der Waals surface area (Å²) in [7, 11) is 0. The molecule has 4 rings (SSSR count). The number of hydrogen-bond donors (Lipinski definition) is 0. The summed E-state index contributed by atoms with van der Waals surface area (Å²) < 4.78 is 5.96. The zero-order valence-corrected chi connectivity index (χ0v) is 17.6. The second kappa shape index (κ2) is 9.33. The molecule has 5 nitrogen and oxygen atoms in total. The summed E-state index contributed by atoms with van der Waals surface area (Å²) in [4.78, 5) is 29.8. The predicted octanol–water partition coefficient (Wildman–Crippen LogP) is 4.12. The van der Waals surface area contributed by atoms with Gasteiger partial charge in [-0.25, -0.2) is 0 Å². The van der Waals surface area contributed by atoms with E-state index in [0.717, 1.165) is 56.3 Å². The van der Waals surface area contributed by atoms with Gasteiger partial charge in [0.05, 0.1) is 0 Å². The second-order valence-electron chi connectivity index (χ2n) is 8.23. The van der Waals surface area contributed by atoms with Crippen LogP contribution in [0.3, 0.4) is 0 Å². The third-order valence-corrected chi connectivity index (χ3v) is 6.11. The van der Waals surface area contributed by atoms with Gasteiger partial charge in [-0.1, -0.05) is 42.5 Å². The molecule has 2 fully saturated rings. The van der Waals surface area contributed by atoms with Gasteiger partial charge in [-0.15, -0.1) is 0 Å². The van der Waals surface area contributed by atoms with E-state index in [1.54, 1.807) is 11.8 Å². The average molecular weight is 407 g/mol. The summed E-state index contributed by atoms with van der Waals surface area (Å²) in [5.41, 5.74) is 2.25. The molecular formula is C25H30N2O3. The van der Waals surface area contributed by atoms with E-state index >= 15 is 0 Å². The van der Waals surface area contributed by atoms with Gasteiger partial charge in [-0.05, 0) is 62.3 Å². The van der Waals surface area contributed by atoms with Gasteiger partial charge in [0.25, 0.3) is 5.91 Å².